The Balaban J connectivity index is 2.30. The molecule has 0 spiro atoms. The van der Waals surface area contributed by atoms with Crippen LogP contribution in [0.1, 0.15) is 31.5 Å². The van der Waals surface area contributed by atoms with Crippen molar-refractivity contribution in [1.82, 2.24) is 4.98 Å². The molecule has 1 heterocycles. The fraction of sp³-hybridized carbons (Fsp3) is 0.583. The van der Waals surface area contributed by atoms with Crippen molar-refractivity contribution >= 4 is 0 Å². The summed E-state index contributed by atoms with van der Waals surface area (Å²) in [6.45, 7) is 6.35. The summed E-state index contributed by atoms with van der Waals surface area (Å²) in [5, 5.41) is 0. The molecule has 0 saturated carbocycles. The van der Waals surface area contributed by atoms with Gasteiger partial charge in [0.2, 0.25) is 0 Å². The van der Waals surface area contributed by atoms with Crippen LogP contribution >= 0.6 is 0 Å². The molecule has 1 aromatic heterocycles. The first-order chi connectivity index (χ1) is 7.22. The molecule has 0 unspecified atom stereocenters. The molecule has 0 aliphatic heterocycles. The molecule has 3 nitrogen and oxygen atoms in total. The largest absolute Gasteiger partial charge is 0.377 e. The SMILES string of the molecule is CC(C)CCOCc1ccnc(CN)c1. The number of pyridine rings is 1. The summed E-state index contributed by atoms with van der Waals surface area (Å²) in [6, 6.07) is 3.96. The number of nitrogens with two attached hydrogens (primary N) is 1. The molecule has 2 N–H and O–H groups in total. The van der Waals surface area contributed by atoms with E-state index in [1.807, 2.05) is 12.1 Å². The lowest BCUT2D eigenvalue weighted by Gasteiger charge is -2.07. The van der Waals surface area contributed by atoms with Crippen LogP contribution in [0.25, 0.3) is 0 Å². The minimum atomic E-state index is 0.486. The topological polar surface area (TPSA) is 48.1 Å². The van der Waals surface area contributed by atoms with E-state index in [0.29, 0.717) is 19.1 Å². The summed E-state index contributed by atoms with van der Waals surface area (Å²) in [7, 11) is 0. The second-order valence-electron chi connectivity index (χ2n) is 4.09. The Hall–Kier alpha value is -0.930. The first kappa shape index (κ1) is 12.1. The van der Waals surface area contributed by atoms with Gasteiger partial charge in [0.25, 0.3) is 0 Å². The van der Waals surface area contributed by atoms with Gasteiger partial charge in [-0.1, -0.05) is 13.8 Å². The van der Waals surface area contributed by atoms with Gasteiger partial charge in [0.1, 0.15) is 0 Å². The molecule has 0 aromatic carbocycles. The molecule has 1 rings (SSSR count). The van der Waals surface area contributed by atoms with Crippen LogP contribution in [0.2, 0.25) is 0 Å². The van der Waals surface area contributed by atoms with Crippen LogP contribution in [0.5, 0.6) is 0 Å². The molecule has 0 saturated heterocycles. The zero-order valence-corrected chi connectivity index (χ0v) is 9.57. The molecular formula is C12H20N2O. The number of aromatic nitrogens is 1. The van der Waals surface area contributed by atoms with Gasteiger partial charge in [0.05, 0.1) is 12.3 Å². The minimum Gasteiger partial charge on any atom is -0.377 e. The quantitative estimate of drug-likeness (QED) is 0.728. The molecule has 0 aliphatic carbocycles. The molecule has 3 heteroatoms. The van der Waals surface area contributed by atoms with Crippen LogP contribution < -0.4 is 5.73 Å². The van der Waals surface area contributed by atoms with Crippen molar-refractivity contribution in [1.29, 1.82) is 0 Å². The molecule has 0 aliphatic rings. The predicted octanol–water partition coefficient (Wildman–Crippen LogP) is 2.10. The number of ether oxygens (including phenoxy) is 1. The minimum absolute atomic E-state index is 0.486. The van der Waals surface area contributed by atoms with E-state index < -0.39 is 0 Å². The first-order valence-electron chi connectivity index (χ1n) is 5.44. The van der Waals surface area contributed by atoms with Crippen LogP contribution in [-0.4, -0.2) is 11.6 Å². The van der Waals surface area contributed by atoms with Gasteiger partial charge in [0, 0.05) is 19.3 Å². The Morgan fingerprint density at radius 3 is 2.93 bits per heavy atom. The summed E-state index contributed by atoms with van der Waals surface area (Å²) < 4.78 is 5.56. The maximum atomic E-state index is 5.56. The van der Waals surface area contributed by atoms with E-state index in [2.05, 4.69) is 18.8 Å². The summed E-state index contributed by atoms with van der Waals surface area (Å²) in [6.07, 6.45) is 2.89. The first-order valence-corrected chi connectivity index (χ1v) is 5.44. The fourth-order valence-corrected chi connectivity index (χ4v) is 1.24. The van der Waals surface area contributed by atoms with Gasteiger partial charge in [0.15, 0.2) is 0 Å². The smallest absolute Gasteiger partial charge is 0.0718 e. The monoisotopic (exact) mass is 208 g/mol. The maximum absolute atomic E-state index is 5.56. The van der Waals surface area contributed by atoms with Crippen LogP contribution in [0.4, 0.5) is 0 Å². The van der Waals surface area contributed by atoms with Gasteiger partial charge < -0.3 is 10.5 Å². The van der Waals surface area contributed by atoms with Gasteiger partial charge in [-0.15, -0.1) is 0 Å². The van der Waals surface area contributed by atoms with E-state index in [4.69, 9.17) is 10.5 Å². The Kier molecular flexibility index (Phi) is 5.29. The molecule has 1 aromatic rings. The van der Waals surface area contributed by atoms with E-state index in [9.17, 15) is 0 Å². The van der Waals surface area contributed by atoms with Gasteiger partial charge in [-0.2, -0.15) is 0 Å². The Bertz CT molecular complexity index is 287. The number of hydrogen-bond acceptors (Lipinski definition) is 3. The highest BCUT2D eigenvalue weighted by atomic mass is 16.5. The van der Waals surface area contributed by atoms with Crippen LogP contribution in [-0.2, 0) is 17.9 Å². The highest BCUT2D eigenvalue weighted by molar-refractivity contribution is 5.15. The lowest BCUT2D eigenvalue weighted by molar-refractivity contribution is 0.110. The fourth-order valence-electron chi connectivity index (χ4n) is 1.24. The average molecular weight is 208 g/mol. The molecule has 0 amide bonds. The third-order valence-electron chi connectivity index (χ3n) is 2.20. The van der Waals surface area contributed by atoms with E-state index in [1.54, 1.807) is 6.20 Å². The molecule has 15 heavy (non-hydrogen) atoms. The second kappa shape index (κ2) is 6.53. The zero-order valence-electron chi connectivity index (χ0n) is 9.57. The molecular weight excluding hydrogens is 188 g/mol. The molecule has 0 fully saturated rings. The van der Waals surface area contributed by atoms with Gasteiger partial charge in [-0.3, -0.25) is 4.98 Å². The van der Waals surface area contributed by atoms with Crippen molar-refractivity contribution in [2.24, 2.45) is 11.7 Å². The van der Waals surface area contributed by atoms with Crippen molar-refractivity contribution in [3.8, 4) is 0 Å². The van der Waals surface area contributed by atoms with Crippen molar-refractivity contribution in [2.45, 2.75) is 33.4 Å². The Morgan fingerprint density at radius 1 is 1.47 bits per heavy atom. The average Bonchev–Trinajstić information content (AvgIpc) is 2.24. The highest BCUT2D eigenvalue weighted by Gasteiger charge is 1.97. The highest BCUT2D eigenvalue weighted by Crippen LogP contribution is 2.05. The third kappa shape index (κ3) is 4.91. The van der Waals surface area contributed by atoms with E-state index in [1.165, 1.54) is 0 Å². The normalized spacial score (nSPS) is 10.9. The lowest BCUT2D eigenvalue weighted by atomic mass is 10.1. The van der Waals surface area contributed by atoms with Crippen LogP contribution in [0.3, 0.4) is 0 Å². The summed E-state index contributed by atoms with van der Waals surface area (Å²) in [5.74, 6) is 0.696. The van der Waals surface area contributed by atoms with Crippen molar-refractivity contribution < 1.29 is 4.74 Å². The van der Waals surface area contributed by atoms with Gasteiger partial charge in [-0.25, -0.2) is 0 Å². The Morgan fingerprint density at radius 2 is 2.27 bits per heavy atom. The van der Waals surface area contributed by atoms with Gasteiger partial charge in [-0.05, 0) is 30.0 Å². The van der Waals surface area contributed by atoms with E-state index >= 15 is 0 Å². The summed E-state index contributed by atoms with van der Waals surface area (Å²) in [5.41, 5.74) is 7.57. The van der Waals surface area contributed by atoms with Gasteiger partial charge >= 0.3 is 0 Å². The third-order valence-corrected chi connectivity index (χ3v) is 2.20. The summed E-state index contributed by atoms with van der Waals surface area (Å²) >= 11 is 0. The molecule has 84 valence electrons. The Labute approximate surface area is 91.7 Å². The van der Waals surface area contributed by atoms with Crippen molar-refractivity contribution in [2.75, 3.05) is 6.61 Å². The van der Waals surface area contributed by atoms with Crippen molar-refractivity contribution in [3.63, 3.8) is 0 Å². The summed E-state index contributed by atoms with van der Waals surface area (Å²) in [4.78, 5) is 4.13. The van der Waals surface area contributed by atoms with Crippen LogP contribution in [0.15, 0.2) is 18.3 Å². The standard InChI is InChI=1S/C12H20N2O/c1-10(2)4-6-15-9-11-3-5-14-12(7-11)8-13/h3,5,7,10H,4,6,8-9,13H2,1-2H3. The van der Waals surface area contributed by atoms with Crippen molar-refractivity contribution in [3.05, 3.63) is 29.6 Å². The number of hydrogen-bond donors (Lipinski definition) is 1. The number of rotatable bonds is 6. The second-order valence-corrected chi connectivity index (χ2v) is 4.09. The van der Waals surface area contributed by atoms with E-state index in [0.717, 1.165) is 24.3 Å². The molecule has 0 bridgehead atoms. The number of nitrogens with zero attached hydrogens (tertiary/aromatic N) is 1. The zero-order chi connectivity index (χ0) is 11.1. The van der Waals surface area contributed by atoms with Crippen LogP contribution in [0, 0.1) is 5.92 Å². The molecule has 0 radical (unpaired) electrons. The predicted molar refractivity (Wildman–Crippen MR) is 61.2 cm³/mol. The lowest BCUT2D eigenvalue weighted by Crippen LogP contribution is -2.02. The maximum Gasteiger partial charge on any atom is 0.0718 e. The van der Waals surface area contributed by atoms with E-state index in [-0.39, 0.29) is 0 Å². The molecule has 0 atom stereocenters.